The molecule has 0 saturated heterocycles. The first-order valence-electron chi connectivity index (χ1n) is 6.20. The second-order valence-corrected chi connectivity index (χ2v) is 4.50. The zero-order valence-corrected chi connectivity index (χ0v) is 11.2. The van der Waals surface area contributed by atoms with Crippen molar-refractivity contribution in [2.75, 3.05) is 46.8 Å². The van der Waals surface area contributed by atoms with Crippen LogP contribution in [0.2, 0.25) is 0 Å². The fourth-order valence-corrected chi connectivity index (χ4v) is 1.68. The van der Waals surface area contributed by atoms with E-state index in [1.165, 1.54) is 13.0 Å². The molecule has 0 fully saturated rings. The Kier molecular flexibility index (Phi) is 9.06. The lowest BCUT2D eigenvalue weighted by Crippen LogP contribution is -2.39. The van der Waals surface area contributed by atoms with E-state index in [2.05, 4.69) is 50.0 Å². The topological polar surface area (TPSA) is 18.5 Å². The van der Waals surface area contributed by atoms with Crippen molar-refractivity contribution in [3.8, 4) is 0 Å². The molecule has 0 aliphatic heterocycles. The number of likely N-dealkylation sites (N-methyl/N-ethyl adjacent to an activating group) is 1. The SMILES string of the molecule is CCN(CC)CC(C)NCCCN(C)C. The molecule has 0 rings (SSSR count). The third-order valence-electron chi connectivity index (χ3n) is 2.70. The van der Waals surface area contributed by atoms with E-state index >= 15 is 0 Å². The Balaban J connectivity index is 3.43. The molecule has 0 amide bonds. The fraction of sp³-hybridized carbons (Fsp3) is 1.00. The summed E-state index contributed by atoms with van der Waals surface area (Å²) in [5, 5.41) is 3.57. The van der Waals surface area contributed by atoms with Crippen molar-refractivity contribution in [2.24, 2.45) is 0 Å². The number of rotatable bonds is 9. The van der Waals surface area contributed by atoms with Gasteiger partial charge in [0.2, 0.25) is 0 Å². The summed E-state index contributed by atoms with van der Waals surface area (Å²) in [6, 6.07) is 0.604. The predicted molar refractivity (Wildman–Crippen MR) is 68.4 cm³/mol. The summed E-state index contributed by atoms with van der Waals surface area (Å²) in [7, 11) is 4.25. The lowest BCUT2D eigenvalue weighted by atomic mass is 10.3. The average Bonchev–Trinajstić information content (AvgIpc) is 2.20. The number of hydrogen-bond donors (Lipinski definition) is 1. The zero-order valence-electron chi connectivity index (χ0n) is 11.2. The van der Waals surface area contributed by atoms with Gasteiger partial charge in [-0.25, -0.2) is 0 Å². The minimum atomic E-state index is 0.604. The minimum Gasteiger partial charge on any atom is -0.313 e. The molecule has 15 heavy (non-hydrogen) atoms. The average molecular weight is 215 g/mol. The highest BCUT2D eigenvalue weighted by Crippen LogP contribution is 1.92. The molecular formula is C12H29N3. The van der Waals surface area contributed by atoms with E-state index in [1.54, 1.807) is 0 Å². The first-order chi connectivity index (χ1) is 7.10. The molecule has 3 nitrogen and oxygen atoms in total. The van der Waals surface area contributed by atoms with Gasteiger partial charge < -0.3 is 15.1 Å². The molecule has 1 atom stereocenters. The molecule has 0 aromatic carbocycles. The summed E-state index contributed by atoms with van der Waals surface area (Å²) in [5.74, 6) is 0. The van der Waals surface area contributed by atoms with Crippen molar-refractivity contribution >= 4 is 0 Å². The maximum absolute atomic E-state index is 3.57. The lowest BCUT2D eigenvalue weighted by Gasteiger charge is -2.23. The van der Waals surface area contributed by atoms with Crippen LogP contribution in [0, 0.1) is 0 Å². The standard InChI is InChI=1S/C12H29N3/c1-6-15(7-2)11-12(3)13-9-8-10-14(4)5/h12-13H,6-11H2,1-5H3. The summed E-state index contributed by atoms with van der Waals surface area (Å²) in [5.41, 5.74) is 0. The van der Waals surface area contributed by atoms with Gasteiger partial charge in [0.15, 0.2) is 0 Å². The van der Waals surface area contributed by atoms with Gasteiger partial charge in [0, 0.05) is 12.6 Å². The Labute approximate surface area is 95.8 Å². The molecule has 3 heteroatoms. The second kappa shape index (κ2) is 9.13. The summed E-state index contributed by atoms with van der Waals surface area (Å²) < 4.78 is 0. The summed E-state index contributed by atoms with van der Waals surface area (Å²) in [6.07, 6.45) is 1.23. The molecular weight excluding hydrogens is 186 g/mol. The Morgan fingerprint density at radius 3 is 2.20 bits per heavy atom. The van der Waals surface area contributed by atoms with E-state index in [0.717, 1.165) is 26.2 Å². The lowest BCUT2D eigenvalue weighted by molar-refractivity contribution is 0.269. The summed E-state index contributed by atoms with van der Waals surface area (Å²) in [6.45, 7) is 12.5. The molecule has 0 aromatic heterocycles. The summed E-state index contributed by atoms with van der Waals surface area (Å²) in [4.78, 5) is 4.69. The molecule has 0 bridgehead atoms. The van der Waals surface area contributed by atoms with Crippen LogP contribution in [0.25, 0.3) is 0 Å². The molecule has 0 spiro atoms. The fourth-order valence-electron chi connectivity index (χ4n) is 1.68. The zero-order chi connectivity index (χ0) is 11.7. The molecule has 0 saturated carbocycles. The second-order valence-electron chi connectivity index (χ2n) is 4.50. The van der Waals surface area contributed by atoms with E-state index in [0.29, 0.717) is 6.04 Å². The van der Waals surface area contributed by atoms with Crippen LogP contribution >= 0.6 is 0 Å². The third kappa shape index (κ3) is 8.85. The highest BCUT2D eigenvalue weighted by Gasteiger charge is 2.05. The molecule has 0 aromatic rings. The van der Waals surface area contributed by atoms with Gasteiger partial charge in [0.1, 0.15) is 0 Å². The Morgan fingerprint density at radius 1 is 1.13 bits per heavy atom. The Hall–Kier alpha value is -0.120. The molecule has 0 heterocycles. The van der Waals surface area contributed by atoms with Gasteiger partial charge in [-0.1, -0.05) is 13.8 Å². The first kappa shape index (κ1) is 14.9. The van der Waals surface area contributed by atoms with E-state index in [9.17, 15) is 0 Å². The van der Waals surface area contributed by atoms with Crippen LogP contribution in [0.5, 0.6) is 0 Å². The first-order valence-corrected chi connectivity index (χ1v) is 6.20. The van der Waals surface area contributed by atoms with Crippen molar-refractivity contribution in [2.45, 2.75) is 33.2 Å². The van der Waals surface area contributed by atoms with Gasteiger partial charge in [-0.05, 0) is 53.6 Å². The highest BCUT2D eigenvalue weighted by molar-refractivity contribution is 4.66. The highest BCUT2D eigenvalue weighted by atomic mass is 15.1. The van der Waals surface area contributed by atoms with E-state index in [4.69, 9.17) is 0 Å². The molecule has 92 valence electrons. The molecule has 1 N–H and O–H groups in total. The van der Waals surface area contributed by atoms with Gasteiger partial charge in [0.25, 0.3) is 0 Å². The van der Waals surface area contributed by atoms with Crippen molar-refractivity contribution in [3.05, 3.63) is 0 Å². The van der Waals surface area contributed by atoms with Crippen molar-refractivity contribution in [3.63, 3.8) is 0 Å². The smallest absolute Gasteiger partial charge is 0.0166 e. The summed E-state index contributed by atoms with van der Waals surface area (Å²) >= 11 is 0. The van der Waals surface area contributed by atoms with Crippen LogP contribution in [0.15, 0.2) is 0 Å². The van der Waals surface area contributed by atoms with Crippen LogP contribution < -0.4 is 5.32 Å². The van der Waals surface area contributed by atoms with Gasteiger partial charge in [0.05, 0.1) is 0 Å². The van der Waals surface area contributed by atoms with Crippen LogP contribution in [-0.4, -0.2) is 62.7 Å². The monoisotopic (exact) mass is 215 g/mol. The van der Waals surface area contributed by atoms with Crippen LogP contribution in [0.4, 0.5) is 0 Å². The third-order valence-corrected chi connectivity index (χ3v) is 2.70. The number of hydrogen-bond acceptors (Lipinski definition) is 3. The quantitative estimate of drug-likeness (QED) is 0.584. The van der Waals surface area contributed by atoms with Gasteiger partial charge in [-0.2, -0.15) is 0 Å². The maximum atomic E-state index is 3.57. The van der Waals surface area contributed by atoms with Crippen LogP contribution in [-0.2, 0) is 0 Å². The van der Waals surface area contributed by atoms with Gasteiger partial charge in [-0.15, -0.1) is 0 Å². The van der Waals surface area contributed by atoms with E-state index in [1.807, 2.05) is 0 Å². The largest absolute Gasteiger partial charge is 0.313 e. The number of nitrogens with one attached hydrogen (secondary N) is 1. The van der Waals surface area contributed by atoms with Crippen molar-refractivity contribution in [1.82, 2.24) is 15.1 Å². The molecule has 1 unspecified atom stereocenters. The molecule has 0 aliphatic rings. The van der Waals surface area contributed by atoms with E-state index in [-0.39, 0.29) is 0 Å². The van der Waals surface area contributed by atoms with Crippen LogP contribution in [0.3, 0.4) is 0 Å². The van der Waals surface area contributed by atoms with Gasteiger partial charge >= 0.3 is 0 Å². The van der Waals surface area contributed by atoms with Crippen molar-refractivity contribution < 1.29 is 0 Å². The predicted octanol–water partition coefficient (Wildman–Crippen LogP) is 1.26. The normalized spacial score (nSPS) is 13.8. The number of nitrogens with zero attached hydrogens (tertiary/aromatic N) is 2. The van der Waals surface area contributed by atoms with Crippen LogP contribution in [0.1, 0.15) is 27.2 Å². The Bertz CT molecular complexity index is 133. The molecule has 0 radical (unpaired) electrons. The van der Waals surface area contributed by atoms with E-state index < -0.39 is 0 Å². The van der Waals surface area contributed by atoms with Crippen molar-refractivity contribution in [1.29, 1.82) is 0 Å². The Morgan fingerprint density at radius 2 is 1.73 bits per heavy atom. The maximum Gasteiger partial charge on any atom is 0.0166 e. The minimum absolute atomic E-state index is 0.604. The molecule has 0 aliphatic carbocycles. The van der Waals surface area contributed by atoms with Gasteiger partial charge in [-0.3, -0.25) is 0 Å².